The molecule has 0 aliphatic rings. The van der Waals surface area contributed by atoms with E-state index in [-0.39, 0.29) is 22.5 Å². The lowest BCUT2D eigenvalue weighted by Crippen LogP contribution is -2.18. The van der Waals surface area contributed by atoms with Crippen molar-refractivity contribution in [3.05, 3.63) is 127 Å². The van der Waals surface area contributed by atoms with Gasteiger partial charge in [0.15, 0.2) is 0 Å². The fraction of sp³-hybridized carbons (Fsp3) is 0.0357. The third-order valence-electron chi connectivity index (χ3n) is 5.88. The number of carboxylic acids is 2. The summed E-state index contributed by atoms with van der Waals surface area (Å²) in [6.45, 7) is -0.394. The van der Waals surface area contributed by atoms with Crippen LogP contribution in [0.3, 0.4) is 0 Å². The highest BCUT2D eigenvalue weighted by molar-refractivity contribution is 6.13. The van der Waals surface area contributed by atoms with Crippen molar-refractivity contribution in [1.82, 2.24) is 0 Å². The summed E-state index contributed by atoms with van der Waals surface area (Å²) in [5.74, 6) is -3.01. The van der Waals surface area contributed by atoms with E-state index in [0.717, 1.165) is 12.1 Å². The molecule has 4 N–H and O–H groups in total. The lowest BCUT2D eigenvalue weighted by atomic mass is 10.0. The number of nitrogens with one attached hydrogen (secondary N) is 2. The van der Waals surface area contributed by atoms with Gasteiger partial charge in [0.1, 0.15) is 23.7 Å². The van der Waals surface area contributed by atoms with Crippen LogP contribution in [0.2, 0.25) is 0 Å². The van der Waals surface area contributed by atoms with Crippen molar-refractivity contribution in [2.45, 2.75) is 6.61 Å². The molecular weight excluding hydrogens is 568 g/mol. The summed E-state index contributed by atoms with van der Waals surface area (Å²) in [6, 6.07) is 19.3. The number of aromatic carboxylic acids is 2. The van der Waals surface area contributed by atoms with Crippen LogP contribution >= 0.6 is 0 Å². The van der Waals surface area contributed by atoms with Gasteiger partial charge in [-0.2, -0.15) is 0 Å². The third kappa shape index (κ3) is 7.05. The largest absolute Gasteiger partial charge is 0.478 e. The van der Waals surface area contributed by atoms with Crippen LogP contribution in [0, 0.1) is 20.2 Å². The highest BCUT2D eigenvalue weighted by Gasteiger charge is 2.27. The number of anilines is 2. The Morgan fingerprint density at radius 1 is 0.698 bits per heavy atom. The highest BCUT2D eigenvalue weighted by atomic mass is 16.6. The molecule has 0 fully saturated rings. The van der Waals surface area contributed by atoms with E-state index in [1.54, 1.807) is 24.3 Å². The second-order valence-corrected chi connectivity index (χ2v) is 8.62. The van der Waals surface area contributed by atoms with Crippen LogP contribution in [0.5, 0.6) is 11.5 Å². The first kappa shape index (κ1) is 29.6. The molecule has 4 rings (SSSR count). The molecule has 15 nitrogen and oxygen atoms in total. The van der Waals surface area contributed by atoms with Crippen LogP contribution in [-0.2, 0) is 11.4 Å². The number of nitro benzene ring substituents is 2. The third-order valence-corrected chi connectivity index (χ3v) is 5.88. The molecule has 0 saturated carbocycles. The number of carbonyl (C=O) groups is 3. The van der Waals surface area contributed by atoms with Crippen molar-refractivity contribution in [2.75, 3.05) is 10.8 Å². The lowest BCUT2D eigenvalue weighted by molar-refractivity contribution is -0.386. The van der Waals surface area contributed by atoms with Gasteiger partial charge < -0.3 is 20.3 Å². The zero-order chi connectivity index (χ0) is 31.1. The Balaban J connectivity index is 1.37. The molecule has 0 atom stereocenters. The summed E-state index contributed by atoms with van der Waals surface area (Å²) in [7, 11) is 0. The monoisotopic (exact) mass is 588 g/mol. The SMILES string of the molecule is O=C(O)c1cccc([N+](=O)[O-])c1CONc1ccc(Oc2ccc(NC(=O)c3c(C(=O)O)cccc3[N+](=O)[O-])cc2)cc1. The molecule has 15 heteroatoms. The summed E-state index contributed by atoms with van der Waals surface area (Å²) in [4.78, 5) is 62.1. The molecule has 0 bridgehead atoms. The van der Waals surface area contributed by atoms with Crippen molar-refractivity contribution >= 4 is 40.6 Å². The van der Waals surface area contributed by atoms with Crippen molar-refractivity contribution in [3.63, 3.8) is 0 Å². The molecule has 218 valence electrons. The average molecular weight is 588 g/mol. The fourth-order valence-corrected chi connectivity index (χ4v) is 3.93. The summed E-state index contributed by atoms with van der Waals surface area (Å²) < 4.78 is 5.75. The quantitative estimate of drug-likeness (QED) is 0.119. The van der Waals surface area contributed by atoms with Gasteiger partial charge in [-0.05, 0) is 60.7 Å². The van der Waals surface area contributed by atoms with Crippen molar-refractivity contribution in [2.24, 2.45) is 0 Å². The second kappa shape index (κ2) is 12.9. The van der Waals surface area contributed by atoms with Crippen molar-refractivity contribution in [3.8, 4) is 11.5 Å². The Kier molecular flexibility index (Phi) is 8.87. The number of amides is 1. The number of carbonyl (C=O) groups excluding carboxylic acids is 1. The van der Waals surface area contributed by atoms with Crippen LogP contribution in [0.25, 0.3) is 0 Å². The van der Waals surface area contributed by atoms with Gasteiger partial charge >= 0.3 is 11.9 Å². The Labute approximate surface area is 241 Å². The molecule has 4 aromatic rings. The van der Waals surface area contributed by atoms with Gasteiger partial charge in [-0.25, -0.2) is 9.59 Å². The molecule has 0 spiro atoms. The fourth-order valence-electron chi connectivity index (χ4n) is 3.93. The van der Waals surface area contributed by atoms with Crippen LogP contribution in [0.1, 0.15) is 36.6 Å². The Morgan fingerprint density at radius 2 is 1.21 bits per heavy atom. The van der Waals surface area contributed by atoms with E-state index >= 15 is 0 Å². The Hall–Kier alpha value is -6.35. The Morgan fingerprint density at radius 3 is 1.74 bits per heavy atom. The smallest absolute Gasteiger partial charge is 0.336 e. The number of ether oxygens (including phenoxy) is 1. The zero-order valence-corrected chi connectivity index (χ0v) is 21.8. The van der Waals surface area contributed by atoms with E-state index in [9.17, 15) is 44.8 Å². The van der Waals surface area contributed by atoms with Gasteiger partial charge in [-0.3, -0.25) is 35.3 Å². The van der Waals surface area contributed by atoms with Crippen molar-refractivity contribution in [1.29, 1.82) is 0 Å². The molecule has 0 radical (unpaired) electrons. The maximum atomic E-state index is 12.7. The van der Waals surface area contributed by atoms with Crippen LogP contribution in [0.15, 0.2) is 84.9 Å². The standard InChI is InChI=1S/C28H20N4O11/c33-26(25-21(28(36)37)4-2-6-24(25)32(40)41)29-16-7-11-18(12-8-16)43-19-13-9-17(10-14-19)30-42-15-22-20(27(34)35)3-1-5-23(22)31(38)39/h1-14,30H,15H2,(H,29,33)(H,34,35)(H,36,37). The summed E-state index contributed by atoms with van der Waals surface area (Å²) in [6.07, 6.45) is 0. The molecule has 1 amide bonds. The van der Waals surface area contributed by atoms with Gasteiger partial charge in [0.25, 0.3) is 17.3 Å². The van der Waals surface area contributed by atoms with E-state index in [4.69, 9.17) is 9.57 Å². The van der Waals surface area contributed by atoms with Gasteiger partial charge in [0.05, 0.1) is 32.2 Å². The topological polar surface area (TPSA) is 220 Å². The van der Waals surface area contributed by atoms with Crippen LogP contribution in [0.4, 0.5) is 22.7 Å². The molecule has 0 aliphatic heterocycles. The lowest BCUT2D eigenvalue weighted by Gasteiger charge is -2.11. The van der Waals surface area contributed by atoms with Crippen LogP contribution in [-0.4, -0.2) is 37.9 Å². The predicted molar refractivity (Wildman–Crippen MR) is 149 cm³/mol. The van der Waals surface area contributed by atoms with E-state index < -0.39 is 51.1 Å². The number of hydrogen-bond donors (Lipinski definition) is 4. The van der Waals surface area contributed by atoms with E-state index in [0.29, 0.717) is 17.2 Å². The van der Waals surface area contributed by atoms with Crippen LogP contribution < -0.4 is 15.5 Å². The van der Waals surface area contributed by atoms with Gasteiger partial charge in [-0.15, -0.1) is 0 Å². The first-order chi connectivity index (χ1) is 20.5. The second-order valence-electron chi connectivity index (χ2n) is 8.62. The average Bonchev–Trinajstić information content (AvgIpc) is 2.98. The first-order valence-corrected chi connectivity index (χ1v) is 12.1. The highest BCUT2D eigenvalue weighted by Crippen LogP contribution is 2.28. The maximum absolute atomic E-state index is 12.7. The van der Waals surface area contributed by atoms with Gasteiger partial charge in [0, 0.05) is 17.8 Å². The summed E-state index contributed by atoms with van der Waals surface area (Å²) in [5.41, 5.74) is 0.778. The predicted octanol–water partition coefficient (Wildman–Crippen LogP) is 5.49. The van der Waals surface area contributed by atoms with E-state index in [1.165, 1.54) is 48.5 Å². The molecule has 0 heterocycles. The molecule has 4 aromatic carbocycles. The Bertz CT molecular complexity index is 1660. The van der Waals surface area contributed by atoms with Gasteiger partial charge in [-0.1, -0.05) is 12.1 Å². The molecular formula is C28H20N4O11. The molecule has 0 aliphatic carbocycles. The normalized spacial score (nSPS) is 10.4. The summed E-state index contributed by atoms with van der Waals surface area (Å²) >= 11 is 0. The van der Waals surface area contributed by atoms with Gasteiger partial charge in [0.2, 0.25) is 0 Å². The zero-order valence-electron chi connectivity index (χ0n) is 21.8. The number of rotatable bonds is 12. The number of carboxylic acid groups (broad SMARTS) is 2. The number of benzene rings is 4. The first-order valence-electron chi connectivity index (χ1n) is 12.1. The van der Waals surface area contributed by atoms with E-state index in [1.807, 2.05) is 0 Å². The minimum Gasteiger partial charge on any atom is -0.478 e. The maximum Gasteiger partial charge on any atom is 0.336 e. The van der Waals surface area contributed by atoms with E-state index in [2.05, 4.69) is 10.8 Å². The number of hydrogen-bond acceptors (Lipinski definition) is 10. The molecule has 0 saturated heterocycles. The number of nitrogens with zero attached hydrogens (tertiary/aromatic N) is 2. The number of nitro groups is 2. The molecule has 43 heavy (non-hydrogen) atoms. The minimum absolute atomic E-state index is 0.101. The molecule has 0 unspecified atom stereocenters. The molecule has 0 aromatic heterocycles. The summed E-state index contributed by atoms with van der Waals surface area (Å²) in [5, 5.41) is 43.7. The van der Waals surface area contributed by atoms with Crippen molar-refractivity contribution < 1.29 is 44.0 Å². The minimum atomic E-state index is -1.49.